The van der Waals surface area contributed by atoms with Crippen LogP contribution in [0.4, 0.5) is 5.69 Å². The second-order valence-corrected chi connectivity index (χ2v) is 6.50. The predicted molar refractivity (Wildman–Crippen MR) is 92.5 cm³/mol. The van der Waals surface area contributed by atoms with E-state index >= 15 is 0 Å². The van der Waals surface area contributed by atoms with E-state index in [1.807, 2.05) is 42.1 Å². The Morgan fingerprint density at radius 2 is 1.87 bits per heavy atom. The zero-order valence-electron chi connectivity index (χ0n) is 14.6. The monoisotopic (exact) mass is 317 g/mol. The molecule has 1 aromatic carbocycles. The number of carbonyl (C=O) groups excluding carboxylic acids is 2. The highest BCUT2D eigenvalue weighted by Gasteiger charge is 2.30. The molecule has 0 N–H and O–H groups in total. The lowest BCUT2D eigenvalue weighted by atomic mass is 10.1. The van der Waals surface area contributed by atoms with E-state index in [0.29, 0.717) is 19.5 Å². The van der Waals surface area contributed by atoms with Crippen molar-refractivity contribution in [2.45, 2.75) is 32.7 Å². The number of anilines is 1. The van der Waals surface area contributed by atoms with Gasteiger partial charge in [-0.25, -0.2) is 0 Å². The normalized spacial score (nSPS) is 16.6. The summed E-state index contributed by atoms with van der Waals surface area (Å²) in [5.41, 5.74) is 2.25. The summed E-state index contributed by atoms with van der Waals surface area (Å²) < 4.78 is 0. The standard InChI is InChI=1S/C18H27N3O2/c1-14-13-16-7-5-6-8-17(16)21(14)18(23)9-10-20(15(2)22)12-11-19(3)4/h5-8,14H,9-13H2,1-4H3. The second kappa shape index (κ2) is 7.59. The number of para-hydroxylation sites is 1. The maximum Gasteiger partial charge on any atom is 0.229 e. The van der Waals surface area contributed by atoms with Gasteiger partial charge in [0.1, 0.15) is 0 Å². The molecule has 126 valence electrons. The van der Waals surface area contributed by atoms with Crippen molar-refractivity contribution < 1.29 is 9.59 Å². The molecule has 0 saturated heterocycles. The number of amides is 2. The van der Waals surface area contributed by atoms with Crippen molar-refractivity contribution in [3.05, 3.63) is 29.8 Å². The van der Waals surface area contributed by atoms with Gasteiger partial charge in [-0.05, 0) is 39.1 Å². The molecule has 1 aliphatic rings. The molecule has 2 amide bonds. The summed E-state index contributed by atoms with van der Waals surface area (Å²) in [7, 11) is 3.96. The van der Waals surface area contributed by atoms with E-state index in [1.54, 1.807) is 11.8 Å². The highest BCUT2D eigenvalue weighted by molar-refractivity contribution is 5.96. The van der Waals surface area contributed by atoms with Crippen molar-refractivity contribution >= 4 is 17.5 Å². The van der Waals surface area contributed by atoms with Gasteiger partial charge in [0.2, 0.25) is 11.8 Å². The minimum absolute atomic E-state index is 0.0227. The van der Waals surface area contributed by atoms with Gasteiger partial charge < -0.3 is 14.7 Å². The third kappa shape index (κ3) is 4.32. The minimum atomic E-state index is 0.0227. The first-order chi connectivity index (χ1) is 10.9. The highest BCUT2D eigenvalue weighted by Crippen LogP contribution is 2.32. The van der Waals surface area contributed by atoms with Crippen LogP contribution in [0.5, 0.6) is 0 Å². The van der Waals surface area contributed by atoms with Crippen LogP contribution in [0, 0.1) is 0 Å². The van der Waals surface area contributed by atoms with Crippen molar-refractivity contribution in [1.29, 1.82) is 0 Å². The number of fused-ring (bicyclic) bond motifs is 1. The van der Waals surface area contributed by atoms with E-state index < -0.39 is 0 Å². The van der Waals surface area contributed by atoms with Crippen LogP contribution in [0.25, 0.3) is 0 Å². The summed E-state index contributed by atoms with van der Waals surface area (Å²) in [6.45, 7) is 5.58. The Kier molecular flexibility index (Phi) is 5.77. The zero-order valence-corrected chi connectivity index (χ0v) is 14.6. The first-order valence-corrected chi connectivity index (χ1v) is 8.20. The molecule has 1 aliphatic heterocycles. The second-order valence-electron chi connectivity index (χ2n) is 6.50. The van der Waals surface area contributed by atoms with Gasteiger partial charge in [-0.3, -0.25) is 9.59 Å². The lowest BCUT2D eigenvalue weighted by Crippen LogP contribution is -2.40. The molecule has 5 heteroatoms. The number of likely N-dealkylation sites (N-methyl/N-ethyl adjacent to an activating group) is 1. The third-order valence-electron chi connectivity index (χ3n) is 4.33. The molecule has 0 spiro atoms. The average molecular weight is 317 g/mol. The number of hydrogen-bond acceptors (Lipinski definition) is 3. The Hall–Kier alpha value is -1.88. The maximum atomic E-state index is 12.7. The summed E-state index contributed by atoms with van der Waals surface area (Å²) in [6.07, 6.45) is 1.27. The van der Waals surface area contributed by atoms with Crippen LogP contribution in [0.3, 0.4) is 0 Å². The van der Waals surface area contributed by atoms with Crippen LogP contribution in [-0.4, -0.2) is 61.4 Å². The van der Waals surface area contributed by atoms with Gasteiger partial charge in [0, 0.05) is 44.7 Å². The molecule has 1 atom stereocenters. The average Bonchev–Trinajstić information content (AvgIpc) is 2.82. The fourth-order valence-corrected chi connectivity index (χ4v) is 3.04. The quantitative estimate of drug-likeness (QED) is 0.803. The van der Waals surface area contributed by atoms with Crippen LogP contribution < -0.4 is 4.90 Å². The lowest BCUT2D eigenvalue weighted by Gasteiger charge is -2.26. The van der Waals surface area contributed by atoms with Gasteiger partial charge in [-0.15, -0.1) is 0 Å². The number of benzene rings is 1. The zero-order chi connectivity index (χ0) is 17.0. The number of nitrogens with zero attached hydrogens (tertiary/aromatic N) is 3. The van der Waals surface area contributed by atoms with Gasteiger partial charge in [0.05, 0.1) is 0 Å². The Labute approximate surface area is 138 Å². The van der Waals surface area contributed by atoms with Crippen LogP contribution in [0.15, 0.2) is 24.3 Å². The van der Waals surface area contributed by atoms with Gasteiger partial charge in [0.15, 0.2) is 0 Å². The lowest BCUT2D eigenvalue weighted by molar-refractivity contribution is -0.129. The molecular formula is C18H27N3O2. The summed E-state index contributed by atoms with van der Waals surface area (Å²) in [4.78, 5) is 30.1. The molecule has 23 heavy (non-hydrogen) atoms. The minimum Gasteiger partial charge on any atom is -0.341 e. The summed E-state index contributed by atoms with van der Waals surface area (Å²) in [5.74, 6) is 0.119. The van der Waals surface area contributed by atoms with Crippen molar-refractivity contribution in [3.8, 4) is 0 Å². The predicted octanol–water partition coefficient (Wildman–Crippen LogP) is 1.76. The van der Waals surface area contributed by atoms with Gasteiger partial charge in [-0.1, -0.05) is 18.2 Å². The van der Waals surface area contributed by atoms with Crippen molar-refractivity contribution in [2.24, 2.45) is 0 Å². The highest BCUT2D eigenvalue weighted by atomic mass is 16.2. The smallest absolute Gasteiger partial charge is 0.229 e. The van der Waals surface area contributed by atoms with Gasteiger partial charge in [-0.2, -0.15) is 0 Å². The Morgan fingerprint density at radius 3 is 2.52 bits per heavy atom. The molecular weight excluding hydrogens is 290 g/mol. The number of hydrogen-bond donors (Lipinski definition) is 0. The molecule has 0 aromatic heterocycles. The van der Waals surface area contributed by atoms with Gasteiger partial charge >= 0.3 is 0 Å². The molecule has 0 aliphatic carbocycles. The van der Waals surface area contributed by atoms with E-state index in [2.05, 4.69) is 13.0 Å². The van der Waals surface area contributed by atoms with Crippen molar-refractivity contribution in [3.63, 3.8) is 0 Å². The first-order valence-electron chi connectivity index (χ1n) is 8.20. The molecule has 0 saturated carbocycles. The van der Waals surface area contributed by atoms with E-state index in [1.165, 1.54) is 5.56 Å². The van der Waals surface area contributed by atoms with Crippen LogP contribution in [0.1, 0.15) is 25.8 Å². The third-order valence-corrected chi connectivity index (χ3v) is 4.33. The Morgan fingerprint density at radius 1 is 1.17 bits per heavy atom. The number of carbonyl (C=O) groups is 2. The molecule has 0 radical (unpaired) electrons. The molecule has 5 nitrogen and oxygen atoms in total. The van der Waals surface area contributed by atoms with Crippen molar-refractivity contribution in [1.82, 2.24) is 9.80 Å². The SMILES string of the molecule is CC(=O)N(CCC(=O)N1c2ccccc2CC1C)CCN(C)C. The maximum absolute atomic E-state index is 12.7. The Bertz CT molecular complexity index is 571. The fourth-order valence-electron chi connectivity index (χ4n) is 3.04. The summed E-state index contributed by atoms with van der Waals surface area (Å²) in [5, 5.41) is 0. The topological polar surface area (TPSA) is 43.9 Å². The fraction of sp³-hybridized carbons (Fsp3) is 0.556. The van der Waals surface area contributed by atoms with Crippen LogP contribution >= 0.6 is 0 Å². The summed E-state index contributed by atoms with van der Waals surface area (Å²) >= 11 is 0. The van der Waals surface area contributed by atoms with Crippen molar-refractivity contribution in [2.75, 3.05) is 38.6 Å². The molecule has 1 unspecified atom stereocenters. The van der Waals surface area contributed by atoms with Crippen LogP contribution in [-0.2, 0) is 16.0 Å². The Balaban J connectivity index is 1.97. The number of rotatable bonds is 6. The molecule has 0 fully saturated rings. The van der Waals surface area contributed by atoms with E-state index in [-0.39, 0.29) is 17.9 Å². The first kappa shape index (κ1) is 17.5. The van der Waals surface area contributed by atoms with E-state index in [0.717, 1.165) is 18.7 Å². The molecule has 0 bridgehead atoms. The van der Waals surface area contributed by atoms with Crippen LogP contribution in [0.2, 0.25) is 0 Å². The molecule has 1 aromatic rings. The largest absolute Gasteiger partial charge is 0.341 e. The molecule has 2 rings (SSSR count). The van der Waals surface area contributed by atoms with Gasteiger partial charge in [0.25, 0.3) is 0 Å². The van der Waals surface area contributed by atoms with E-state index in [4.69, 9.17) is 0 Å². The van der Waals surface area contributed by atoms with E-state index in [9.17, 15) is 9.59 Å². The molecule has 1 heterocycles. The summed E-state index contributed by atoms with van der Waals surface area (Å²) in [6, 6.07) is 8.25.